The first-order valence-corrected chi connectivity index (χ1v) is 6.25. The van der Waals surface area contributed by atoms with Crippen molar-refractivity contribution in [2.24, 2.45) is 0 Å². The Kier molecular flexibility index (Phi) is 3.17. The highest BCUT2D eigenvalue weighted by Gasteiger charge is 2.25. The smallest absolute Gasteiger partial charge is 0.141 e. The molecule has 1 saturated carbocycles. The van der Waals surface area contributed by atoms with E-state index in [0.717, 1.165) is 17.1 Å². The van der Waals surface area contributed by atoms with Gasteiger partial charge in [0.1, 0.15) is 5.75 Å². The second-order valence-corrected chi connectivity index (χ2v) is 5.25. The minimum absolute atomic E-state index is 0.424. The number of pyridine rings is 1. The normalized spacial score (nSPS) is 15.9. The van der Waals surface area contributed by atoms with Crippen LogP contribution in [0.5, 0.6) is 5.75 Å². The van der Waals surface area contributed by atoms with Crippen LogP contribution in [0.3, 0.4) is 0 Å². The highest BCUT2D eigenvalue weighted by atomic mass is 16.5. The molecule has 2 heteroatoms. The first-order valence-electron chi connectivity index (χ1n) is 6.25. The van der Waals surface area contributed by atoms with Gasteiger partial charge in [0.15, 0.2) is 0 Å². The molecule has 0 radical (unpaired) electrons. The quantitative estimate of drug-likeness (QED) is 0.767. The number of hydrogen-bond donors (Lipinski definition) is 0. The number of aromatic nitrogens is 1. The highest BCUT2D eigenvalue weighted by molar-refractivity contribution is 5.33. The van der Waals surface area contributed by atoms with Crippen molar-refractivity contribution in [3.8, 4) is 5.75 Å². The van der Waals surface area contributed by atoms with Gasteiger partial charge in [0, 0.05) is 5.69 Å². The van der Waals surface area contributed by atoms with Crippen LogP contribution in [0.1, 0.15) is 63.8 Å². The lowest BCUT2D eigenvalue weighted by Gasteiger charge is -2.15. The maximum absolute atomic E-state index is 5.89. The van der Waals surface area contributed by atoms with Crippen LogP contribution in [0, 0.1) is 0 Å². The van der Waals surface area contributed by atoms with Gasteiger partial charge >= 0.3 is 0 Å². The summed E-state index contributed by atoms with van der Waals surface area (Å²) < 4.78 is 5.89. The van der Waals surface area contributed by atoms with Crippen LogP contribution in [0.25, 0.3) is 0 Å². The highest BCUT2D eigenvalue weighted by Crippen LogP contribution is 2.32. The Morgan fingerprint density at radius 3 is 2.31 bits per heavy atom. The molecule has 1 fully saturated rings. The molecule has 0 bridgehead atoms. The van der Waals surface area contributed by atoms with Crippen molar-refractivity contribution in [1.29, 1.82) is 0 Å². The van der Waals surface area contributed by atoms with Crippen LogP contribution >= 0.6 is 0 Å². The molecule has 0 unspecified atom stereocenters. The Morgan fingerprint density at radius 1 is 1.12 bits per heavy atom. The van der Waals surface area contributed by atoms with E-state index in [0.29, 0.717) is 17.9 Å². The average Bonchev–Trinajstić information content (AvgIpc) is 3.01. The molecule has 88 valence electrons. The molecule has 1 aliphatic rings. The van der Waals surface area contributed by atoms with Crippen molar-refractivity contribution in [2.45, 2.75) is 58.5 Å². The van der Waals surface area contributed by atoms with Crippen LogP contribution in [-0.4, -0.2) is 11.1 Å². The van der Waals surface area contributed by atoms with Crippen LogP contribution in [-0.2, 0) is 0 Å². The lowest BCUT2D eigenvalue weighted by Crippen LogP contribution is -2.05. The number of nitrogens with zero attached hydrogens (tertiary/aromatic N) is 1. The van der Waals surface area contributed by atoms with E-state index in [4.69, 9.17) is 9.72 Å². The van der Waals surface area contributed by atoms with Gasteiger partial charge in [0.2, 0.25) is 0 Å². The van der Waals surface area contributed by atoms with Gasteiger partial charge in [-0.2, -0.15) is 0 Å². The molecular formula is C14H21NO. The fourth-order valence-corrected chi connectivity index (χ4v) is 1.68. The Labute approximate surface area is 98.0 Å². The van der Waals surface area contributed by atoms with Gasteiger partial charge in [0.25, 0.3) is 0 Å². The third-order valence-electron chi connectivity index (χ3n) is 2.86. The number of hydrogen-bond acceptors (Lipinski definition) is 2. The van der Waals surface area contributed by atoms with E-state index < -0.39 is 0 Å². The summed E-state index contributed by atoms with van der Waals surface area (Å²) in [6, 6.07) is 4.18. The van der Waals surface area contributed by atoms with Gasteiger partial charge < -0.3 is 4.74 Å². The fraction of sp³-hybridized carbons (Fsp3) is 0.643. The average molecular weight is 219 g/mol. The van der Waals surface area contributed by atoms with Crippen LogP contribution in [0.15, 0.2) is 12.1 Å². The topological polar surface area (TPSA) is 22.1 Å². The first-order chi connectivity index (χ1) is 7.58. The van der Waals surface area contributed by atoms with E-state index in [-0.39, 0.29) is 0 Å². The molecule has 0 N–H and O–H groups in total. The van der Waals surface area contributed by atoms with Crippen molar-refractivity contribution < 1.29 is 4.74 Å². The van der Waals surface area contributed by atoms with Crippen molar-refractivity contribution >= 4 is 0 Å². The summed E-state index contributed by atoms with van der Waals surface area (Å²) in [4.78, 5) is 4.73. The Morgan fingerprint density at radius 2 is 1.81 bits per heavy atom. The lowest BCUT2D eigenvalue weighted by molar-refractivity contribution is 0.296. The third kappa shape index (κ3) is 2.55. The molecule has 2 nitrogen and oxygen atoms in total. The summed E-state index contributed by atoms with van der Waals surface area (Å²) >= 11 is 0. The minimum atomic E-state index is 0.424. The van der Waals surface area contributed by atoms with Crippen LogP contribution < -0.4 is 4.74 Å². The second kappa shape index (κ2) is 4.44. The summed E-state index contributed by atoms with van der Waals surface area (Å²) in [6.07, 6.45) is 2.84. The molecular weight excluding hydrogens is 198 g/mol. The summed E-state index contributed by atoms with van der Waals surface area (Å²) in [6.45, 7) is 8.69. The van der Waals surface area contributed by atoms with E-state index in [9.17, 15) is 0 Å². The zero-order chi connectivity index (χ0) is 11.7. The summed E-state index contributed by atoms with van der Waals surface area (Å²) in [5, 5.41) is 0. The standard InChI is InChI=1S/C14H21NO/c1-9(2)12-7-8-13(16-11-5-6-11)14(15-12)10(3)4/h7-11H,5-6H2,1-4H3. The van der Waals surface area contributed by atoms with Crippen LogP contribution in [0.2, 0.25) is 0 Å². The lowest BCUT2D eigenvalue weighted by atomic mass is 10.0. The molecule has 16 heavy (non-hydrogen) atoms. The molecule has 0 amide bonds. The van der Waals surface area contributed by atoms with E-state index in [2.05, 4.69) is 39.8 Å². The van der Waals surface area contributed by atoms with E-state index in [1.807, 2.05) is 0 Å². The molecule has 0 aromatic carbocycles. The van der Waals surface area contributed by atoms with Gasteiger partial charge in [-0.1, -0.05) is 27.7 Å². The zero-order valence-electron chi connectivity index (χ0n) is 10.7. The number of rotatable bonds is 4. The van der Waals surface area contributed by atoms with Gasteiger partial charge in [-0.3, -0.25) is 4.98 Å². The second-order valence-electron chi connectivity index (χ2n) is 5.25. The molecule has 0 spiro atoms. The maximum atomic E-state index is 5.89. The van der Waals surface area contributed by atoms with Crippen molar-refractivity contribution in [2.75, 3.05) is 0 Å². The van der Waals surface area contributed by atoms with Gasteiger partial charge in [0.05, 0.1) is 11.8 Å². The molecule has 1 heterocycles. The monoisotopic (exact) mass is 219 g/mol. The Bertz CT molecular complexity index is 367. The molecule has 2 rings (SSSR count). The molecule has 1 aromatic rings. The van der Waals surface area contributed by atoms with Crippen molar-refractivity contribution in [3.63, 3.8) is 0 Å². The molecule has 1 aromatic heterocycles. The summed E-state index contributed by atoms with van der Waals surface area (Å²) in [5.41, 5.74) is 2.27. The van der Waals surface area contributed by atoms with Crippen molar-refractivity contribution in [1.82, 2.24) is 4.98 Å². The van der Waals surface area contributed by atoms with Crippen molar-refractivity contribution in [3.05, 3.63) is 23.5 Å². The molecule has 0 atom stereocenters. The maximum Gasteiger partial charge on any atom is 0.141 e. The van der Waals surface area contributed by atoms with E-state index in [1.165, 1.54) is 12.8 Å². The van der Waals surface area contributed by atoms with Gasteiger partial charge in [-0.15, -0.1) is 0 Å². The summed E-state index contributed by atoms with van der Waals surface area (Å²) in [5.74, 6) is 1.89. The zero-order valence-corrected chi connectivity index (χ0v) is 10.7. The van der Waals surface area contributed by atoms with E-state index in [1.54, 1.807) is 0 Å². The first kappa shape index (κ1) is 11.4. The van der Waals surface area contributed by atoms with Gasteiger partial charge in [-0.05, 0) is 36.8 Å². The SMILES string of the molecule is CC(C)c1ccc(OC2CC2)c(C(C)C)n1. The summed E-state index contributed by atoms with van der Waals surface area (Å²) in [7, 11) is 0. The van der Waals surface area contributed by atoms with Gasteiger partial charge in [-0.25, -0.2) is 0 Å². The van der Waals surface area contributed by atoms with Crippen LogP contribution in [0.4, 0.5) is 0 Å². The largest absolute Gasteiger partial charge is 0.489 e. The Hall–Kier alpha value is -1.05. The predicted octanol–water partition coefficient (Wildman–Crippen LogP) is 3.87. The Balaban J connectivity index is 2.28. The fourth-order valence-electron chi connectivity index (χ4n) is 1.68. The minimum Gasteiger partial charge on any atom is -0.489 e. The van der Waals surface area contributed by atoms with E-state index >= 15 is 0 Å². The molecule has 0 saturated heterocycles. The molecule has 1 aliphatic carbocycles. The number of ether oxygens (including phenoxy) is 1. The molecule has 0 aliphatic heterocycles. The third-order valence-corrected chi connectivity index (χ3v) is 2.86. The predicted molar refractivity (Wildman–Crippen MR) is 66.1 cm³/mol.